The molecule has 0 bridgehead atoms. The summed E-state index contributed by atoms with van der Waals surface area (Å²) in [5.74, 6) is -0.355. The maximum absolute atomic E-state index is 12.4. The molecule has 0 radical (unpaired) electrons. The van der Waals surface area contributed by atoms with E-state index in [4.69, 9.17) is 11.6 Å². The standard InChI is InChI=1S/C19H17BrClN3O2/c1-4-7-23-18(25)17(22-19(23)26)9-13-8-11(2)24(12(13)3)14-5-6-15(20)16(21)10-14/h4-6,8-10H,1,7H2,2-3H3,(H,22,26)/b17-9+. The molecule has 1 aliphatic heterocycles. The van der Waals surface area contributed by atoms with Crippen molar-refractivity contribution in [2.75, 3.05) is 6.54 Å². The number of urea groups is 1. The number of rotatable bonds is 4. The van der Waals surface area contributed by atoms with E-state index in [1.807, 2.05) is 42.7 Å². The van der Waals surface area contributed by atoms with Gasteiger partial charge in [0, 0.05) is 28.1 Å². The zero-order valence-electron chi connectivity index (χ0n) is 14.3. The number of hydrogen-bond donors (Lipinski definition) is 1. The van der Waals surface area contributed by atoms with Crippen LogP contribution in [-0.4, -0.2) is 28.0 Å². The first-order chi connectivity index (χ1) is 12.3. The van der Waals surface area contributed by atoms with Crippen LogP contribution in [0.15, 0.2) is 47.1 Å². The lowest BCUT2D eigenvalue weighted by Crippen LogP contribution is -2.30. The fourth-order valence-electron chi connectivity index (χ4n) is 2.98. The first-order valence-electron chi connectivity index (χ1n) is 7.93. The van der Waals surface area contributed by atoms with Crippen molar-refractivity contribution in [3.05, 3.63) is 69.1 Å². The number of halogens is 2. The molecule has 3 amide bonds. The van der Waals surface area contributed by atoms with E-state index in [0.717, 1.165) is 32.0 Å². The molecule has 0 unspecified atom stereocenters. The smallest absolute Gasteiger partial charge is 0.318 e. The molecule has 1 N–H and O–H groups in total. The zero-order valence-corrected chi connectivity index (χ0v) is 16.7. The average molecular weight is 435 g/mol. The molecule has 7 heteroatoms. The molecule has 2 aromatic rings. The Morgan fingerprint density at radius 1 is 1.27 bits per heavy atom. The summed E-state index contributed by atoms with van der Waals surface area (Å²) < 4.78 is 2.88. The molecule has 0 aliphatic carbocycles. The Labute approximate surface area is 165 Å². The molecule has 1 aromatic heterocycles. The number of nitrogens with zero attached hydrogens (tertiary/aromatic N) is 2. The van der Waals surface area contributed by atoms with E-state index >= 15 is 0 Å². The molecule has 1 aliphatic rings. The fourth-order valence-corrected chi connectivity index (χ4v) is 3.40. The summed E-state index contributed by atoms with van der Waals surface area (Å²) in [6.07, 6.45) is 3.21. The third-order valence-corrected chi connectivity index (χ3v) is 5.44. The number of benzene rings is 1. The van der Waals surface area contributed by atoms with Crippen LogP contribution in [0, 0.1) is 13.8 Å². The highest BCUT2D eigenvalue weighted by Gasteiger charge is 2.32. The molecule has 26 heavy (non-hydrogen) atoms. The van der Waals surface area contributed by atoms with E-state index in [1.165, 1.54) is 6.08 Å². The summed E-state index contributed by atoms with van der Waals surface area (Å²) in [6, 6.07) is 7.25. The minimum Gasteiger partial charge on any atom is -0.318 e. The molecule has 1 aromatic carbocycles. The molecular weight excluding hydrogens is 418 g/mol. The van der Waals surface area contributed by atoms with Crippen molar-refractivity contribution < 1.29 is 9.59 Å². The van der Waals surface area contributed by atoms with Gasteiger partial charge in [-0.05, 0) is 65.7 Å². The molecule has 5 nitrogen and oxygen atoms in total. The van der Waals surface area contributed by atoms with Crippen molar-refractivity contribution in [3.8, 4) is 5.69 Å². The number of nitrogens with one attached hydrogen (secondary N) is 1. The molecule has 1 saturated heterocycles. The monoisotopic (exact) mass is 433 g/mol. The second-order valence-corrected chi connectivity index (χ2v) is 7.21. The van der Waals surface area contributed by atoms with Gasteiger partial charge in [0.2, 0.25) is 0 Å². The second kappa shape index (κ2) is 7.13. The zero-order chi connectivity index (χ0) is 19.0. The largest absolute Gasteiger partial charge is 0.329 e. The van der Waals surface area contributed by atoms with E-state index in [0.29, 0.717) is 5.02 Å². The summed E-state index contributed by atoms with van der Waals surface area (Å²) >= 11 is 9.61. The van der Waals surface area contributed by atoms with Crippen LogP contribution < -0.4 is 5.32 Å². The minimum atomic E-state index is -0.436. The summed E-state index contributed by atoms with van der Waals surface area (Å²) in [6.45, 7) is 7.68. The van der Waals surface area contributed by atoms with Crippen LogP contribution in [-0.2, 0) is 4.79 Å². The SMILES string of the molecule is C=CCN1C(=O)N/C(=C/c2cc(C)n(-c3ccc(Br)c(Cl)c3)c2C)C1=O. The summed E-state index contributed by atoms with van der Waals surface area (Å²) in [7, 11) is 0. The lowest BCUT2D eigenvalue weighted by Gasteiger charge is -2.11. The molecule has 0 spiro atoms. The van der Waals surface area contributed by atoms with Gasteiger partial charge in [-0.25, -0.2) is 4.79 Å². The first kappa shape index (κ1) is 18.5. The quantitative estimate of drug-likeness (QED) is 0.435. The molecular formula is C19H17BrClN3O2. The number of hydrogen-bond acceptors (Lipinski definition) is 2. The van der Waals surface area contributed by atoms with Gasteiger partial charge in [-0.3, -0.25) is 9.69 Å². The van der Waals surface area contributed by atoms with Crippen molar-refractivity contribution in [1.82, 2.24) is 14.8 Å². The van der Waals surface area contributed by atoms with Gasteiger partial charge in [0.1, 0.15) is 5.70 Å². The first-order valence-corrected chi connectivity index (χ1v) is 9.10. The average Bonchev–Trinajstić information content (AvgIpc) is 3.01. The van der Waals surface area contributed by atoms with E-state index in [9.17, 15) is 9.59 Å². The van der Waals surface area contributed by atoms with Gasteiger partial charge in [-0.2, -0.15) is 0 Å². The maximum Gasteiger partial charge on any atom is 0.329 e. The van der Waals surface area contributed by atoms with Gasteiger partial charge >= 0.3 is 6.03 Å². The highest BCUT2D eigenvalue weighted by atomic mass is 79.9. The highest BCUT2D eigenvalue weighted by Crippen LogP contribution is 2.29. The number of aromatic nitrogens is 1. The van der Waals surface area contributed by atoms with Crippen molar-refractivity contribution in [2.45, 2.75) is 13.8 Å². The van der Waals surface area contributed by atoms with Crippen molar-refractivity contribution in [2.24, 2.45) is 0 Å². The van der Waals surface area contributed by atoms with Gasteiger partial charge in [0.15, 0.2) is 0 Å². The van der Waals surface area contributed by atoms with Crippen LogP contribution in [0.4, 0.5) is 4.79 Å². The summed E-state index contributed by atoms with van der Waals surface area (Å²) in [4.78, 5) is 25.4. The van der Waals surface area contributed by atoms with Crippen LogP contribution in [0.3, 0.4) is 0 Å². The lowest BCUT2D eigenvalue weighted by molar-refractivity contribution is -0.122. The Balaban J connectivity index is 2.01. The van der Waals surface area contributed by atoms with Crippen molar-refractivity contribution in [3.63, 3.8) is 0 Å². The van der Waals surface area contributed by atoms with Crippen LogP contribution in [0.1, 0.15) is 17.0 Å². The van der Waals surface area contributed by atoms with Crippen LogP contribution >= 0.6 is 27.5 Å². The van der Waals surface area contributed by atoms with Gasteiger partial charge in [0.05, 0.1) is 5.02 Å². The molecule has 0 saturated carbocycles. The predicted octanol–water partition coefficient (Wildman–Crippen LogP) is 4.59. The summed E-state index contributed by atoms with van der Waals surface area (Å²) in [5, 5.41) is 3.23. The predicted molar refractivity (Wildman–Crippen MR) is 106 cm³/mol. The Morgan fingerprint density at radius 3 is 2.65 bits per heavy atom. The summed E-state index contributed by atoms with van der Waals surface area (Å²) in [5.41, 5.74) is 3.97. The van der Waals surface area contributed by atoms with Crippen LogP contribution in [0.25, 0.3) is 11.8 Å². The highest BCUT2D eigenvalue weighted by molar-refractivity contribution is 9.10. The Hall–Kier alpha value is -2.31. The second-order valence-electron chi connectivity index (χ2n) is 5.95. The van der Waals surface area contributed by atoms with Gasteiger partial charge < -0.3 is 9.88 Å². The Bertz CT molecular complexity index is 962. The van der Waals surface area contributed by atoms with E-state index < -0.39 is 6.03 Å². The number of carbonyl (C=O) groups excluding carboxylic acids is 2. The minimum absolute atomic E-state index is 0.179. The maximum atomic E-state index is 12.4. The number of carbonyl (C=O) groups is 2. The lowest BCUT2D eigenvalue weighted by atomic mass is 10.2. The molecule has 134 valence electrons. The van der Waals surface area contributed by atoms with E-state index in [2.05, 4.69) is 27.8 Å². The topological polar surface area (TPSA) is 54.3 Å². The van der Waals surface area contributed by atoms with Gasteiger partial charge in [-0.1, -0.05) is 17.7 Å². The van der Waals surface area contributed by atoms with Crippen LogP contribution in [0.2, 0.25) is 5.02 Å². The van der Waals surface area contributed by atoms with Crippen molar-refractivity contribution >= 4 is 45.5 Å². The normalized spacial score (nSPS) is 15.7. The van der Waals surface area contributed by atoms with E-state index in [-0.39, 0.29) is 18.1 Å². The molecule has 2 heterocycles. The van der Waals surface area contributed by atoms with Crippen LogP contribution in [0.5, 0.6) is 0 Å². The Kier molecular flexibility index (Phi) is 5.07. The number of imide groups is 1. The van der Waals surface area contributed by atoms with Gasteiger partial charge in [-0.15, -0.1) is 6.58 Å². The van der Waals surface area contributed by atoms with Crippen molar-refractivity contribution in [1.29, 1.82) is 0 Å². The molecule has 3 rings (SSSR count). The molecule has 1 fully saturated rings. The third-order valence-electron chi connectivity index (χ3n) is 4.21. The van der Waals surface area contributed by atoms with Gasteiger partial charge in [0.25, 0.3) is 5.91 Å². The number of amides is 3. The third kappa shape index (κ3) is 3.22. The Morgan fingerprint density at radius 2 is 2.00 bits per heavy atom. The van der Waals surface area contributed by atoms with E-state index in [1.54, 1.807) is 6.08 Å². The molecule has 0 atom stereocenters. The number of aryl methyl sites for hydroxylation is 1. The fraction of sp³-hybridized carbons (Fsp3) is 0.158.